The fraction of sp³-hybridized carbons (Fsp3) is 0.458. The summed E-state index contributed by atoms with van der Waals surface area (Å²) in [4.78, 5) is 114. The van der Waals surface area contributed by atoms with Gasteiger partial charge in [0.2, 0.25) is 35.4 Å². The highest BCUT2D eigenvalue weighted by Gasteiger charge is 2.48. The Balaban J connectivity index is 1.34. The van der Waals surface area contributed by atoms with Crippen molar-refractivity contribution in [3.63, 3.8) is 0 Å². The summed E-state index contributed by atoms with van der Waals surface area (Å²) in [5.74, 6) is -8.24. The van der Waals surface area contributed by atoms with Gasteiger partial charge in [-0.05, 0) is 72.4 Å². The van der Waals surface area contributed by atoms with Crippen LogP contribution in [0.25, 0.3) is 11.1 Å². The fourth-order valence-corrected chi connectivity index (χ4v) is 8.77. The minimum absolute atomic E-state index is 0.0283. The van der Waals surface area contributed by atoms with Crippen LogP contribution in [-0.2, 0) is 40.0 Å². The van der Waals surface area contributed by atoms with Crippen molar-refractivity contribution in [1.82, 2.24) is 36.4 Å². The SMILES string of the molecule is COc1ccc(-c2ccc(C(=O)NC3CC(=O)CNC(=O)[C@@H]4[C@@H](O)[C@@H](C)CN4C(=O)[C@H](CO)NC(=O)[C@H]([C@H](O)Cc4ccc(O)cc4)NC(=O)[C@@H]4C[C@@H](C)CN4C(=O)[C@H]([C@@H](C)O)NC3=O)cc2)cc1. The van der Waals surface area contributed by atoms with Gasteiger partial charge in [-0.1, -0.05) is 50.2 Å². The summed E-state index contributed by atoms with van der Waals surface area (Å²) in [6.07, 6.45) is -5.82. The molecule has 1 unspecified atom stereocenters. The normalized spacial score (nSPS) is 27.4. The van der Waals surface area contributed by atoms with Crippen molar-refractivity contribution in [2.24, 2.45) is 11.8 Å². The molecular formula is C48H59N7O14. The number of hydrogen-bond donors (Lipinski definition) is 10. The lowest BCUT2D eigenvalue weighted by atomic mass is 9.99. The van der Waals surface area contributed by atoms with Crippen LogP contribution in [0, 0.1) is 11.8 Å². The predicted molar refractivity (Wildman–Crippen MR) is 245 cm³/mol. The first-order valence-corrected chi connectivity index (χ1v) is 22.6. The third kappa shape index (κ3) is 12.2. The Bertz CT molecular complexity index is 2380. The van der Waals surface area contributed by atoms with E-state index in [2.05, 4.69) is 26.6 Å². The number of aliphatic hydroxyl groups is 4. The second-order valence-corrected chi connectivity index (χ2v) is 17.9. The molecule has 3 saturated heterocycles. The number of phenols is 1. The van der Waals surface area contributed by atoms with Crippen LogP contribution in [-0.4, -0.2) is 170 Å². The number of amides is 7. The fourth-order valence-electron chi connectivity index (χ4n) is 8.77. The van der Waals surface area contributed by atoms with Crippen LogP contribution in [0.2, 0.25) is 0 Å². The molecule has 0 radical (unpaired) electrons. The molecule has 370 valence electrons. The van der Waals surface area contributed by atoms with Crippen molar-refractivity contribution in [3.8, 4) is 22.6 Å². The molecule has 0 aliphatic carbocycles. The first kappa shape index (κ1) is 51.5. The van der Waals surface area contributed by atoms with Gasteiger partial charge in [-0.2, -0.15) is 0 Å². The molecule has 0 bridgehead atoms. The van der Waals surface area contributed by atoms with Gasteiger partial charge < -0.3 is 66.7 Å². The summed E-state index contributed by atoms with van der Waals surface area (Å²) in [5.41, 5.74) is 2.07. The number of aromatic hydroxyl groups is 1. The van der Waals surface area contributed by atoms with Crippen molar-refractivity contribution in [1.29, 1.82) is 0 Å². The lowest BCUT2D eigenvalue weighted by Gasteiger charge is -2.32. The van der Waals surface area contributed by atoms with Crippen molar-refractivity contribution < 1.29 is 68.6 Å². The van der Waals surface area contributed by atoms with Crippen LogP contribution < -0.4 is 31.3 Å². The summed E-state index contributed by atoms with van der Waals surface area (Å²) >= 11 is 0. The molecule has 3 aromatic rings. The zero-order chi connectivity index (χ0) is 50.3. The van der Waals surface area contributed by atoms with Crippen LogP contribution in [0.1, 0.15) is 49.5 Å². The molecule has 3 fully saturated rings. The van der Waals surface area contributed by atoms with E-state index in [1.165, 1.54) is 50.4 Å². The molecule has 11 atom stereocenters. The summed E-state index contributed by atoms with van der Waals surface area (Å²) in [7, 11) is 1.54. The van der Waals surface area contributed by atoms with Crippen molar-refractivity contribution >= 4 is 47.1 Å². The number of aliphatic hydroxyl groups excluding tert-OH is 4. The predicted octanol–water partition coefficient (Wildman–Crippen LogP) is -1.87. The summed E-state index contributed by atoms with van der Waals surface area (Å²) in [6, 6.07) is 9.03. The standard InChI is InChI=1S/C48H59N7O14/c1-24-17-36-44(64)53-39(37(60)18-27-5-13-31(58)14-6-27)45(65)51-35(23-56)47(67)55-22-25(2)41(61)40(55)46(66)49-20-32(59)19-34(43(63)52-38(26(3)57)48(68)54(36)21-24)50-42(62)30-9-7-28(8-10-30)29-11-15-33(69-4)16-12-29/h5-16,24-26,34-41,56-58,60-61H,17-23H2,1-4H3,(H,49,66)(H,50,62)(H,51,65)(H,52,63)(H,53,64)/t24-,25+,26-,34?,35+,36+,37-,38+,39+,40+,41+/m1/s1. The van der Waals surface area contributed by atoms with Gasteiger partial charge >= 0.3 is 0 Å². The number of carbonyl (C=O) groups is 8. The van der Waals surface area contributed by atoms with E-state index in [-0.39, 0.29) is 43.2 Å². The molecule has 3 aromatic carbocycles. The van der Waals surface area contributed by atoms with Gasteiger partial charge in [0.05, 0.1) is 38.6 Å². The molecule has 3 aliphatic rings. The molecule has 0 aromatic heterocycles. The highest BCUT2D eigenvalue weighted by Crippen LogP contribution is 2.27. The third-order valence-electron chi connectivity index (χ3n) is 12.6. The molecule has 69 heavy (non-hydrogen) atoms. The maximum absolute atomic E-state index is 14.4. The molecule has 21 nitrogen and oxygen atoms in total. The van der Waals surface area contributed by atoms with Gasteiger partial charge in [0, 0.05) is 37.4 Å². The number of methoxy groups -OCH3 is 1. The number of hydrogen-bond acceptors (Lipinski definition) is 14. The van der Waals surface area contributed by atoms with Crippen molar-refractivity contribution in [2.45, 2.75) is 94.6 Å². The number of rotatable bonds is 9. The highest BCUT2D eigenvalue weighted by molar-refractivity contribution is 6.02. The minimum Gasteiger partial charge on any atom is -0.508 e. The molecular weight excluding hydrogens is 899 g/mol. The second-order valence-electron chi connectivity index (χ2n) is 17.9. The van der Waals surface area contributed by atoms with E-state index in [1.807, 2.05) is 12.1 Å². The van der Waals surface area contributed by atoms with Crippen LogP contribution in [0.5, 0.6) is 11.5 Å². The molecule has 0 spiro atoms. The summed E-state index contributed by atoms with van der Waals surface area (Å²) < 4.78 is 5.22. The number of nitrogens with zero attached hydrogens (tertiary/aromatic N) is 2. The Morgan fingerprint density at radius 2 is 1.41 bits per heavy atom. The highest BCUT2D eigenvalue weighted by atomic mass is 16.5. The smallest absolute Gasteiger partial charge is 0.251 e. The zero-order valence-electron chi connectivity index (χ0n) is 38.5. The zero-order valence-corrected chi connectivity index (χ0v) is 38.5. The Hall–Kier alpha value is -6.94. The monoisotopic (exact) mass is 957 g/mol. The Morgan fingerprint density at radius 1 is 0.783 bits per heavy atom. The van der Waals surface area contributed by atoms with E-state index in [4.69, 9.17) is 4.74 Å². The van der Waals surface area contributed by atoms with Crippen LogP contribution in [0.15, 0.2) is 72.8 Å². The van der Waals surface area contributed by atoms with Gasteiger partial charge in [-0.3, -0.25) is 38.4 Å². The largest absolute Gasteiger partial charge is 0.508 e. The maximum atomic E-state index is 14.4. The minimum atomic E-state index is -1.85. The number of fused-ring (bicyclic) bond motifs is 2. The number of nitrogens with one attached hydrogen (secondary N) is 5. The van der Waals surface area contributed by atoms with E-state index in [9.17, 15) is 63.9 Å². The topological polar surface area (TPSA) is 314 Å². The molecule has 6 rings (SSSR count). The first-order valence-electron chi connectivity index (χ1n) is 22.6. The second kappa shape index (κ2) is 22.4. The van der Waals surface area contributed by atoms with Gasteiger partial charge in [0.1, 0.15) is 47.8 Å². The molecule has 0 saturated carbocycles. The van der Waals surface area contributed by atoms with Gasteiger partial charge in [-0.25, -0.2) is 0 Å². The number of phenolic OH excluding ortho intramolecular Hbond substituents is 1. The molecule has 21 heteroatoms. The third-order valence-corrected chi connectivity index (χ3v) is 12.6. The molecule has 7 amide bonds. The Labute approximate surface area is 397 Å². The van der Waals surface area contributed by atoms with Gasteiger partial charge in [0.15, 0.2) is 5.78 Å². The van der Waals surface area contributed by atoms with Crippen LogP contribution in [0.3, 0.4) is 0 Å². The number of carbonyl (C=O) groups excluding carboxylic acids is 8. The van der Waals surface area contributed by atoms with Crippen LogP contribution >= 0.6 is 0 Å². The van der Waals surface area contributed by atoms with E-state index in [0.717, 1.165) is 20.9 Å². The molecule has 3 aliphatic heterocycles. The average molecular weight is 958 g/mol. The quantitative estimate of drug-likeness (QED) is 0.113. The lowest BCUT2D eigenvalue weighted by molar-refractivity contribution is -0.146. The maximum Gasteiger partial charge on any atom is 0.251 e. The number of ketones is 1. The van der Waals surface area contributed by atoms with Crippen molar-refractivity contribution in [3.05, 3.63) is 83.9 Å². The molecule has 10 N–H and O–H groups in total. The summed E-state index contributed by atoms with van der Waals surface area (Å²) in [6.45, 7) is 2.40. The average Bonchev–Trinajstić information content (AvgIpc) is 3.88. The Morgan fingerprint density at radius 3 is 2.01 bits per heavy atom. The number of Topliss-reactive ketones (excluding diaryl/α,β-unsaturated/α-hetero) is 1. The lowest BCUT2D eigenvalue weighted by Crippen LogP contribution is -2.63. The number of ether oxygens (including phenoxy) is 1. The van der Waals surface area contributed by atoms with E-state index >= 15 is 0 Å². The van der Waals surface area contributed by atoms with Crippen LogP contribution in [0.4, 0.5) is 0 Å². The van der Waals surface area contributed by atoms with E-state index in [1.54, 1.807) is 38.1 Å². The van der Waals surface area contributed by atoms with E-state index in [0.29, 0.717) is 11.3 Å². The van der Waals surface area contributed by atoms with Gasteiger partial charge in [0.25, 0.3) is 5.91 Å². The van der Waals surface area contributed by atoms with Gasteiger partial charge in [-0.15, -0.1) is 0 Å². The molecule has 3 heterocycles. The summed E-state index contributed by atoms with van der Waals surface area (Å²) in [5, 5.41) is 66.1. The number of benzene rings is 3. The van der Waals surface area contributed by atoms with E-state index < -0.39 is 127 Å². The van der Waals surface area contributed by atoms with Crippen molar-refractivity contribution in [2.75, 3.05) is 33.4 Å². The first-order chi connectivity index (χ1) is 32.8. The Kier molecular flexibility index (Phi) is 16.7.